The van der Waals surface area contributed by atoms with Gasteiger partial charge in [0, 0.05) is 57.4 Å². The third-order valence-corrected chi connectivity index (χ3v) is 5.74. The Morgan fingerprint density at radius 2 is 1.80 bits per heavy atom. The Morgan fingerprint density at radius 1 is 1.10 bits per heavy atom. The van der Waals surface area contributed by atoms with Crippen molar-refractivity contribution in [3.8, 4) is 0 Å². The summed E-state index contributed by atoms with van der Waals surface area (Å²) in [6, 6.07) is 4.82. The number of piperazine rings is 1. The fourth-order valence-corrected chi connectivity index (χ4v) is 3.87. The van der Waals surface area contributed by atoms with Crippen LogP contribution in [0.2, 0.25) is 0 Å². The molecule has 0 unspecified atom stereocenters. The van der Waals surface area contributed by atoms with Gasteiger partial charge in [-0.2, -0.15) is 0 Å². The molecule has 1 saturated carbocycles. The predicted molar refractivity (Wildman–Crippen MR) is 110 cm³/mol. The van der Waals surface area contributed by atoms with Gasteiger partial charge >= 0.3 is 0 Å². The van der Waals surface area contributed by atoms with Gasteiger partial charge in [0.25, 0.3) is 11.6 Å². The van der Waals surface area contributed by atoms with Crippen molar-refractivity contribution in [3.63, 3.8) is 0 Å². The zero-order chi connectivity index (χ0) is 21.1. The largest absolute Gasteiger partial charge is 0.378 e. The van der Waals surface area contributed by atoms with Crippen molar-refractivity contribution in [1.82, 2.24) is 15.1 Å². The number of carbonyl (C=O) groups excluding carboxylic acids is 2. The van der Waals surface area contributed by atoms with Crippen LogP contribution in [0.15, 0.2) is 18.2 Å². The Kier molecular flexibility index (Phi) is 6.14. The molecule has 2 amide bonds. The minimum Gasteiger partial charge on any atom is -0.378 e. The van der Waals surface area contributed by atoms with Gasteiger partial charge in [-0.3, -0.25) is 24.6 Å². The van der Waals surface area contributed by atoms with Crippen LogP contribution in [0, 0.1) is 10.1 Å². The normalized spacial score (nSPS) is 20.1. The Bertz CT molecular complexity index is 814. The standard InChI is InChI=1S/C20H27N5O5/c26-19(21-15-1-2-15)14-22-5-7-24(8-6-22)20(27)17-13-16(25(28)29)3-4-18(17)23-9-11-30-12-10-23/h3-4,13,15H,1-2,5-12,14H2,(H,21,26). The topological polar surface area (TPSA) is 108 Å². The van der Waals surface area contributed by atoms with Crippen LogP contribution in [-0.4, -0.2) is 91.6 Å². The molecule has 30 heavy (non-hydrogen) atoms. The molecule has 1 aliphatic carbocycles. The number of nitrogens with zero attached hydrogens (tertiary/aromatic N) is 4. The van der Waals surface area contributed by atoms with Crippen molar-refractivity contribution in [2.24, 2.45) is 0 Å². The number of hydrogen-bond acceptors (Lipinski definition) is 7. The van der Waals surface area contributed by atoms with Crippen molar-refractivity contribution < 1.29 is 19.2 Å². The molecule has 2 saturated heterocycles. The van der Waals surface area contributed by atoms with E-state index in [9.17, 15) is 19.7 Å². The third-order valence-electron chi connectivity index (χ3n) is 5.74. The van der Waals surface area contributed by atoms with E-state index in [1.807, 2.05) is 9.80 Å². The van der Waals surface area contributed by atoms with Crippen LogP contribution >= 0.6 is 0 Å². The van der Waals surface area contributed by atoms with Gasteiger partial charge in [0.05, 0.1) is 35.9 Å². The number of non-ortho nitro benzene ring substituents is 1. The fraction of sp³-hybridized carbons (Fsp3) is 0.600. The molecular weight excluding hydrogens is 390 g/mol. The monoisotopic (exact) mass is 417 g/mol. The molecule has 10 nitrogen and oxygen atoms in total. The molecule has 0 bridgehead atoms. The zero-order valence-corrected chi connectivity index (χ0v) is 16.9. The van der Waals surface area contributed by atoms with Gasteiger partial charge < -0.3 is 19.9 Å². The molecule has 1 N–H and O–H groups in total. The van der Waals surface area contributed by atoms with E-state index in [1.165, 1.54) is 12.1 Å². The number of nitro groups is 1. The molecule has 3 aliphatic rings. The molecule has 0 atom stereocenters. The van der Waals surface area contributed by atoms with Crippen molar-refractivity contribution in [2.75, 3.05) is 63.9 Å². The van der Waals surface area contributed by atoms with Gasteiger partial charge in [-0.05, 0) is 18.9 Å². The molecule has 0 radical (unpaired) electrons. The average molecular weight is 417 g/mol. The van der Waals surface area contributed by atoms with Crippen LogP contribution in [0.25, 0.3) is 0 Å². The smallest absolute Gasteiger partial charge is 0.270 e. The lowest BCUT2D eigenvalue weighted by atomic mass is 10.1. The molecule has 4 rings (SSSR count). The molecule has 3 fully saturated rings. The van der Waals surface area contributed by atoms with E-state index < -0.39 is 4.92 Å². The van der Waals surface area contributed by atoms with E-state index in [1.54, 1.807) is 11.0 Å². The van der Waals surface area contributed by atoms with E-state index in [0.29, 0.717) is 76.3 Å². The van der Waals surface area contributed by atoms with Crippen molar-refractivity contribution in [3.05, 3.63) is 33.9 Å². The molecular formula is C20H27N5O5. The molecule has 1 aromatic carbocycles. The third kappa shape index (κ3) is 4.88. The van der Waals surface area contributed by atoms with Crippen molar-refractivity contribution in [1.29, 1.82) is 0 Å². The predicted octanol–water partition coefficient (Wildman–Crippen LogP) is 0.468. The van der Waals surface area contributed by atoms with Crippen LogP contribution in [-0.2, 0) is 9.53 Å². The summed E-state index contributed by atoms with van der Waals surface area (Å²) in [6.07, 6.45) is 2.12. The summed E-state index contributed by atoms with van der Waals surface area (Å²) >= 11 is 0. The number of benzene rings is 1. The number of morpholine rings is 1. The highest BCUT2D eigenvalue weighted by Crippen LogP contribution is 2.28. The van der Waals surface area contributed by atoms with Gasteiger partial charge in [0.2, 0.25) is 5.91 Å². The highest BCUT2D eigenvalue weighted by Gasteiger charge is 2.29. The van der Waals surface area contributed by atoms with Crippen LogP contribution in [0.3, 0.4) is 0 Å². The van der Waals surface area contributed by atoms with Crippen LogP contribution < -0.4 is 10.2 Å². The fourth-order valence-electron chi connectivity index (χ4n) is 3.87. The number of anilines is 1. The second kappa shape index (κ2) is 8.97. The van der Waals surface area contributed by atoms with E-state index in [0.717, 1.165) is 12.8 Å². The minimum absolute atomic E-state index is 0.0329. The first-order valence-electron chi connectivity index (χ1n) is 10.4. The quantitative estimate of drug-likeness (QED) is 0.529. The highest BCUT2D eigenvalue weighted by atomic mass is 16.6. The summed E-state index contributed by atoms with van der Waals surface area (Å²) in [5, 5.41) is 14.2. The summed E-state index contributed by atoms with van der Waals surface area (Å²) in [4.78, 5) is 41.9. The molecule has 1 aromatic rings. The molecule has 2 heterocycles. The Balaban J connectivity index is 1.43. The summed E-state index contributed by atoms with van der Waals surface area (Å²) in [7, 11) is 0. The van der Waals surface area contributed by atoms with E-state index in [-0.39, 0.29) is 17.5 Å². The van der Waals surface area contributed by atoms with Crippen LogP contribution in [0.5, 0.6) is 0 Å². The first-order valence-corrected chi connectivity index (χ1v) is 10.4. The average Bonchev–Trinajstić information content (AvgIpc) is 3.57. The Morgan fingerprint density at radius 3 is 2.43 bits per heavy atom. The number of rotatable bonds is 6. The minimum atomic E-state index is -0.476. The lowest BCUT2D eigenvalue weighted by Crippen LogP contribution is -2.51. The Hall–Kier alpha value is -2.72. The first kappa shape index (κ1) is 20.5. The second-order valence-corrected chi connectivity index (χ2v) is 7.97. The second-order valence-electron chi connectivity index (χ2n) is 7.97. The molecule has 2 aliphatic heterocycles. The Labute approximate surface area is 174 Å². The maximum Gasteiger partial charge on any atom is 0.270 e. The van der Waals surface area contributed by atoms with E-state index in [4.69, 9.17) is 4.74 Å². The van der Waals surface area contributed by atoms with Gasteiger partial charge in [-0.15, -0.1) is 0 Å². The summed E-state index contributed by atoms with van der Waals surface area (Å²) in [5.41, 5.74) is 0.969. The van der Waals surface area contributed by atoms with E-state index >= 15 is 0 Å². The number of hydrogen-bond donors (Lipinski definition) is 1. The zero-order valence-electron chi connectivity index (χ0n) is 16.9. The number of ether oxygens (including phenoxy) is 1. The molecule has 10 heteroatoms. The summed E-state index contributed by atoms with van der Waals surface area (Å²) in [5.74, 6) is -0.173. The van der Waals surface area contributed by atoms with Crippen molar-refractivity contribution >= 4 is 23.2 Å². The number of amides is 2. The highest BCUT2D eigenvalue weighted by molar-refractivity contribution is 6.00. The van der Waals surface area contributed by atoms with E-state index in [2.05, 4.69) is 5.32 Å². The lowest BCUT2D eigenvalue weighted by molar-refractivity contribution is -0.384. The summed E-state index contributed by atoms with van der Waals surface area (Å²) < 4.78 is 5.39. The van der Waals surface area contributed by atoms with Crippen molar-refractivity contribution in [2.45, 2.75) is 18.9 Å². The number of nitrogens with one attached hydrogen (secondary N) is 1. The SMILES string of the molecule is O=C(CN1CCN(C(=O)c2cc([N+](=O)[O-])ccc2N2CCOCC2)CC1)NC1CC1. The summed E-state index contributed by atoms with van der Waals surface area (Å²) in [6.45, 7) is 4.93. The number of nitro benzene ring substituents is 1. The van der Waals surface area contributed by atoms with Gasteiger partial charge in [-0.25, -0.2) is 0 Å². The number of carbonyl (C=O) groups is 2. The maximum absolute atomic E-state index is 13.3. The molecule has 162 valence electrons. The lowest BCUT2D eigenvalue weighted by Gasteiger charge is -2.36. The van der Waals surface area contributed by atoms with Crippen LogP contribution in [0.1, 0.15) is 23.2 Å². The van der Waals surface area contributed by atoms with Crippen LogP contribution in [0.4, 0.5) is 11.4 Å². The maximum atomic E-state index is 13.3. The van der Waals surface area contributed by atoms with Gasteiger partial charge in [0.15, 0.2) is 0 Å². The molecule has 0 spiro atoms. The van der Waals surface area contributed by atoms with Gasteiger partial charge in [0.1, 0.15) is 0 Å². The molecule has 0 aromatic heterocycles. The van der Waals surface area contributed by atoms with Gasteiger partial charge in [-0.1, -0.05) is 0 Å². The first-order chi connectivity index (χ1) is 14.5.